The van der Waals surface area contributed by atoms with Gasteiger partial charge in [0.25, 0.3) is 0 Å². The van der Waals surface area contributed by atoms with Crippen molar-refractivity contribution in [2.24, 2.45) is 0 Å². The van der Waals surface area contributed by atoms with Gasteiger partial charge in [0.1, 0.15) is 0 Å². The maximum atomic E-state index is 5.96. The number of aromatic nitrogens is 2. The number of halogens is 2. The molecule has 0 radical (unpaired) electrons. The predicted molar refractivity (Wildman–Crippen MR) is 99.3 cm³/mol. The van der Waals surface area contributed by atoms with Crippen molar-refractivity contribution in [2.75, 3.05) is 5.32 Å². The highest BCUT2D eigenvalue weighted by Gasteiger charge is 2.09. The highest BCUT2D eigenvalue weighted by Crippen LogP contribution is 2.20. The Bertz CT molecular complexity index is 851. The van der Waals surface area contributed by atoms with Crippen molar-refractivity contribution >= 4 is 46.2 Å². The molecule has 1 aromatic heterocycles. The molecule has 8 heteroatoms. The Labute approximate surface area is 154 Å². The lowest BCUT2D eigenvalue weighted by atomic mass is 10.2. The summed E-state index contributed by atoms with van der Waals surface area (Å²) in [6.45, 7) is 0.312. The zero-order valence-corrected chi connectivity index (χ0v) is 14.6. The lowest BCUT2D eigenvalue weighted by Gasteiger charge is -2.08. The molecule has 0 fully saturated rings. The van der Waals surface area contributed by atoms with Gasteiger partial charge in [0.05, 0.1) is 6.54 Å². The van der Waals surface area contributed by atoms with Gasteiger partial charge in [0.2, 0.25) is 11.7 Å². The Morgan fingerprint density at radius 3 is 2.62 bits per heavy atom. The molecule has 1 heterocycles. The van der Waals surface area contributed by atoms with Crippen LogP contribution in [0.2, 0.25) is 10.0 Å². The van der Waals surface area contributed by atoms with E-state index in [-0.39, 0.29) is 0 Å². The van der Waals surface area contributed by atoms with Crippen molar-refractivity contribution in [3.05, 3.63) is 64.5 Å². The molecule has 0 saturated heterocycles. The SMILES string of the molecule is S=C(NCc1nc(-c2cccc(Cl)c2)no1)Nc1ccc(Cl)cc1. The fourth-order valence-electron chi connectivity index (χ4n) is 1.94. The molecule has 122 valence electrons. The minimum Gasteiger partial charge on any atom is -0.353 e. The lowest BCUT2D eigenvalue weighted by Crippen LogP contribution is -2.27. The summed E-state index contributed by atoms with van der Waals surface area (Å²) in [6.07, 6.45) is 0. The van der Waals surface area contributed by atoms with Gasteiger partial charge in [0, 0.05) is 21.3 Å². The van der Waals surface area contributed by atoms with Crippen LogP contribution in [-0.4, -0.2) is 15.3 Å². The zero-order valence-electron chi connectivity index (χ0n) is 12.3. The summed E-state index contributed by atoms with van der Waals surface area (Å²) in [6, 6.07) is 14.5. The molecule has 0 amide bonds. The summed E-state index contributed by atoms with van der Waals surface area (Å²) in [5.41, 5.74) is 1.63. The Balaban J connectivity index is 1.57. The van der Waals surface area contributed by atoms with Crippen LogP contribution in [0.3, 0.4) is 0 Å². The number of nitrogens with zero attached hydrogens (tertiary/aromatic N) is 2. The van der Waals surface area contributed by atoms with E-state index in [2.05, 4.69) is 20.8 Å². The molecule has 2 aromatic carbocycles. The molecule has 0 spiro atoms. The summed E-state index contributed by atoms with van der Waals surface area (Å²) >= 11 is 17.0. The second kappa shape index (κ2) is 7.61. The molecule has 5 nitrogen and oxygen atoms in total. The number of hydrogen-bond donors (Lipinski definition) is 2. The Kier molecular flexibility index (Phi) is 5.30. The number of thiocarbonyl (C=S) groups is 1. The lowest BCUT2D eigenvalue weighted by molar-refractivity contribution is 0.376. The van der Waals surface area contributed by atoms with Gasteiger partial charge in [-0.3, -0.25) is 0 Å². The molecule has 3 rings (SSSR count). The van der Waals surface area contributed by atoms with Crippen LogP contribution in [-0.2, 0) is 6.54 Å². The molecule has 0 saturated carbocycles. The molecule has 0 atom stereocenters. The minimum absolute atomic E-state index is 0.312. The molecule has 0 aliphatic heterocycles. The first kappa shape index (κ1) is 16.7. The number of rotatable bonds is 4. The van der Waals surface area contributed by atoms with Crippen LogP contribution in [0.15, 0.2) is 53.1 Å². The van der Waals surface area contributed by atoms with Gasteiger partial charge in [-0.25, -0.2) is 0 Å². The third-order valence-electron chi connectivity index (χ3n) is 3.05. The Morgan fingerprint density at radius 2 is 1.88 bits per heavy atom. The maximum Gasteiger partial charge on any atom is 0.246 e. The molecule has 3 aromatic rings. The van der Waals surface area contributed by atoms with Crippen LogP contribution in [0.5, 0.6) is 0 Å². The van der Waals surface area contributed by atoms with Crippen LogP contribution in [0.4, 0.5) is 5.69 Å². The van der Waals surface area contributed by atoms with Crippen LogP contribution >= 0.6 is 35.4 Å². The Hall–Kier alpha value is -2.15. The van der Waals surface area contributed by atoms with E-state index in [1.165, 1.54) is 0 Å². The summed E-state index contributed by atoms with van der Waals surface area (Å²) in [7, 11) is 0. The monoisotopic (exact) mass is 378 g/mol. The molecular formula is C16H12Cl2N4OS. The normalized spacial score (nSPS) is 10.4. The van der Waals surface area contributed by atoms with Crippen LogP contribution in [0, 0.1) is 0 Å². The van der Waals surface area contributed by atoms with Gasteiger partial charge < -0.3 is 15.2 Å². The number of hydrogen-bond acceptors (Lipinski definition) is 4. The van der Waals surface area contributed by atoms with E-state index in [1.807, 2.05) is 24.3 Å². The second-order valence-electron chi connectivity index (χ2n) is 4.84. The van der Waals surface area contributed by atoms with Crippen molar-refractivity contribution in [3.63, 3.8) is 0 Å². The van der Waals surface area contributed by atoms with Crippen LogP contribution in [0.1, 0.15) is 5.89 Å². The largest absolute Gasteiger partial charge is 0.353 e. The molecule has 0 bridgehead atoms. The topological polar surface area (TPSA) is 63.0 Å². The quantitative estimate of drug-likeness (QED) is 0.650. The summed E-state index contributed by atoms with van der Waals surface area (Å²) < 4.78 is 5.20. The third-order valence-corrected chi connectivity index (χ3v) is 3.79. The van der Waals surface area contributed by atoms with E-state index in [1.54, 1.807) is 24.3 Å². The first-order chi connectivity index (χ1) is 11.6. The molecule has 0 unspecified atom stereocenters. The maximum absolute atomic E-state index is 5.96. The number of nitrogens with one attached hydrogen (secondary N) is 2. The second-order valence-corrected chi connectivity index (χ2v) is 6.12. The van der Waals surface area contributed by atoms with E-state index in [0.29, 0.717) is 33.4 Å². The molecule has 0 aliphatic rings. The van der Waals surface area contributed by atoms with Gasteiger partial charge in [-0.15, -0.1) is 0 Å². The van der Waals surface area contributed by atoms with Crippen LogP contribution < -0.4 is 10.6 Å². The first-order valence-electron chi connectivity index (χ1n) is 6.99. The van der Waals surface area contributed by atoms with Gasteiger partial charge in [-0.2, -0.15) is 4.98 Å². The summed E-state index contributed by atoms with van der Waals surface area (Å²) in [4.78, 5) is 4.31. The molecular weight excluding hydrogens is 367 g/mol. The molecule has 24 heavy (non-hydrogen) atoms. The van der Waals surface area contributed by atoms with E-state index in [0.717, 1.165) is 11.3 Å². The van der Waals surface area contributed by atoms with Crippen molar-refractivity contribution in [1.82, 2.24) is 15.5 Å². The third kappa shape index (κ3) is 4.44. The average Bonchev–Trinajstić information content (AvgIpc) is 3.04. The van der Waals surface area contributed by atoms with Gasteiger partial charge in [-0.1, -0.05) is 40.5 Å². The fourth-order valence-corrected chi connectivity index (χ4v) is 2.44. The zero-order chi connectivity index (χ0) is 16.9. The predicted octanol–water partition coefficient (Wildman–Crippen LogP) is 4.53. The fraction of sp³-hybridized carbons (Fsp3) is 0.0625. The summed E-state index contributed by atoms with van der Waals surface area (Å²) in [5, 5.41) is 11.7. The number of anilines is 1. The highest BCUT2D eigenvalue weighted by molar-refractivity contribution is 7.80. The first-order valence-corrected chi connectivity index (χ1v) is 8.15. The highest BCUT2D eigenvalue weighted by atomic mass is 35.5. The Morgan fingerprint density at radius 1 is 1.08 bits per heavy atom. The van der Waals surface area contributed by atoms with Crippen molar-refractivity contribution in [2.45, 2.75) is 6.54 Å². The van der Waals surface area contributed by atoms with E-state index in [4.69, 9.17) is 39.9 Å². The standard InChI is InChI=1S/C16H12Cl2N4OS/c17-11-4-6-13(7-5-11)20-16(24)19-9-14-21-15(22-23-14)10-2-1-3-12(18)8-10/h1-8H,9H2,(H2,19,20,24). The van der Waals surface area contributed by atoms with Crippen LogP contribution in [0.25, 0.3) is 11.4 Å². The molecule has 0 aliphatic carbocycles. The van der Waals surface area contributed by atoms with Crippen molar-refractivity contribution in [3.8, 4) is 11.4 Å². The minimum atomic E-state index is 0.312. The van der Waals surface area contributed by atoms with Crippen molar-refractivity contribution in [1.29, 1.82) is 0 Å². The average molecular weight is 379 g/mol. The van der Waals surface area contributed by atoms with E-state index < -0.39 is 0 Å². The smallest absolute Gasteiger partial charge is 0.246 e. The summed E-state index contributed by atoms with van der Waals surface area (Å²) in [5.74, 6) is 0.899. The van der Waals surface area contributed by atoms with Crippen molar-refractivity contribution < 1.29 is 4.52 Å². The van der Waals surface area contributed by atoms with Gasteiger partial charge >= 0.3 is 0 Å². The van der Waals surface area contributed by atoms with E-state index >= 15 is 0 Å². The van der Waals surface area contributed by atoms with Gasteiger partial charge in [-0.05, 0) is 48.6 Å². The number of benzene rings is 2. The molecule has 2 N–H and O–H groups in total. The van der Waals surface area contributed by atoms with Gasteiger partial charge in [0.15, 0.2) is 5.11 Å². The van der Waals surface area contributed by atoms with E-state index in [9.17, 15) is 0 Å².